The summed E-state index contributed by atoms with van der Waals surface area (Å²) in [5.74, 6) is -1.16. The van der Waals surface area contributed by atoms with Crippen LogP contribution in [-0.2, 0) is 10.2 Å². The van der Waals surface area contributed by atoms with Gasteiger partial charge in [-0.15, -0.1) is 0 Å². The number of cyclic esters (lactones) is 1. The second-order valence-corrected chi connectivity index (χ2v) is 7.79. The fourth-order valence-corrected chi connectivity index (χ4v) is 3.73. The Morgan fingerprint density at radius 3 is 2.62 bits per heavy atom. The lowest BCUT2D eigenvalue weighted by Crippen LogP contribution is -2.27. The molecule has 5 rings (SSSR count). The minimum atomic E-state index is -0.826. The van der Waals surface area contributed by atoms with Crippen LogP contribution >= 0.6 is 0 Å². The molecule has 162 valence electrons. The van der Waals surface area contributed by atoms with Crippen LogP contribution in [0.4, 0.5) is 25.1 Å². The second-order valence-electron chi connectivity index (χ2n) is 7.79. The summed E-state index contributed by atoms with van der Waals surface area (Å²) in [7, 11) is 0. The molecular weight excluding hydrogens is 420 g/mol. The number of aromatic nitrogens is 2. The smallest absolute Gasteiger partial charge is 0.414 e. The summed E-state index contributed by atoms with van der Waals surface area (Å²) in [5.41, 5.74) is 0.0957. The fourth-order valence-electron chi connectivity index (χ4n) is 3.73. The molecule has 2 aromatic heterocycles. The monoisotopic (exact) mass is 437 g/mol. The molecule has 10 heteroatoms. The molecule has 0 unspecified atom stereocenters. The number of nitrogens with zero attached hydrogens (tertiary/aromatic N) is 4. The third-order valence-electron chi connectivity index (χ3n) is 5.67. The highest BCUT2D eigenvalue weighted by Gasteiger charge is 2.46. The van der Waals surface area contributed by atoms with E-state index in [0.29, 0.717) is 11.5 Å². The summed E-state index contributed by atoms with van der Waals surface area (Å²) < 4.78 is 39.8. The molecule has 1 aliphatic carbocycles. The number of amides is 1. The van der Waals surface area contributed by atoms with Gasteiger partial charge in [0.15, 0.2) is 5.82 Å². The molecule has 8 nitrogen and oxygen atoms in total. The van der Waals surface area contributed by atoms with Crippen molar-refractivity contribution in [2.45, 2.75) is 24.4 Å². The molecule has 0 bridgehead atoms. The molecule has 1 amide bonds. The third-order valence-corrected chi connectivity index (χ3v) is 5.67. The van der Waals surface area contributed by atoms with Crippen LogP contribution in [0.3, 0.4) is 0 Å². The second kappa shape index (κ2) is 7.60. The lowest BCUT2D eigenvalue weighted by Gasteiger charge is -2.15. The molecule has 1 saturated carbocycles. The quantitative estimate of drug-likeness (QED) is 0.621. The molecule has 1 N–H and O–H groups in total. The topological polar surface area (TPSA) is 104 Å². The highest BCUT2D eigenvalue weighted by molar-refractivity contribution is 5.90. The maximum Gasteiger partial charge on any atom is 0.414 e. The number of nitrogens with one attached hydrogen (secondary N) is 1. The SMILES string of the molecule is N#CC1(c2ccc(-c3c(F)cc(N4C[C@H](CNc5ccon5)OC4=O)cc3F)cn2)CC1. The fraction of sp³-hybridized carbons (Fsp3) is 0.273. The van der Waals surface area contributed by atoms with Crippen molar-refractivity contribution in [2.75, 3.05) is 23.3 Å². The Hall–Kier alpha value is -4.00. The lowest BCUT2D eigenvalue weighted by molar-refractivity contribution is 0.147. The minimum absolute atomic E-state index is 0.0590. The summed E-state index contributed by atoms with van der Waals surface area (Å²) in [5, 5.41) is 15.9. The van der Waals surface area contributed by atoms with Gasteiger partial charge in [0.2, 0.25) is 0 Å². The van der Waals surface area contributed by atoms with Gasteiger partial charge in [0.1, 0.15) is 24.0 Å². The molecule has 2 aliphatic rings. The van der Waals surface area contributed by atoms with Crippen molar-refractivity contribution in [1.29, 1.82) is 5.26 Å². The van der Waals surface area contributed by atoms with E-state index in [9.17, 15) is 18.8 Å². The molecule has 1 saturated heterocycles. The van der Waals surface area contributed by atoms with Gasteiger partial charge in [0.05, 0.1) is 41.5 Å². The Balaban J connectivity index is 1.33. The summed E-state index contributed by atoms with van der Waals surface area (Å²) in [4.78, 5) is 17.7. The van der Waals surface area contributed by atoms with Crippen LogP contribution in [0.1, 0.15) is 18.5 Å². The van der Waals surface area contributed by atoms with Gasteiger partial charge in [-0.1, -0.05) is 11.2 Å². The van der Waals surface area contributed by atoms with Gasteiger partial charge in [0, 0.05) is 17.8 Å². The molecule has 1 aromatic carbocycles. The van der Waals surface area contributed by atoms with Crippen LogP contribution in [0.15, 0.2) is 47.3 Å². The van der Waals surface area contributed by atoms with Crippen molar-refractivity contribution in [3.8, 4) is 17.2 Å². The largest absolute Gasteiger partial charge is 0.442 e. The maximum absolute atomic E-state index is 14.9. The average Bonchev–Trinajstić information content (AvgIpc) is 3.23. The van der Waals surface area contributed by atoms with Gasteiger partial charge in [0.25, 0.3) is 0 Å². The van der Waals surface area contributed by atoms with Crippen LogP contribution in [-0.4, -0.2) is 35.4 Å². The third kappa shape index (κ3) is 3.51. The van der Waals surface area contributed by atoms with Crippen LogP contribution in [0.5, 0.6) is 0 Å². The highest BCUT2D eigenvalue weighted by Crippen LogP contribution is 2.46. The predicted octanol–water partition coefficient (Wildman–Crippen LogP) is 4.01. The van der Waals surface area contributed by atoms with Gasteiger partial charge in [-0.3, -0.25) is 9.88 Å². The molecular formula is C22H17F2N5O3. The number of carbonyl (C=O) groups is 1. The molecule has 3 heterocycles. The number of pyridine rings is 1. The van der Waals surface area contributed by atoms with E-state index in [1.807, 2.05) is 0 Å². The van der Waals surface area contributed by atoms with E-state index in [4.69, 9.17) is 9.26 Å². The van der Waals surface area contributed by atoms with Gasteiger partial charge < -0.3 is 14.6 Å². The number of benzene rings is 1. The highest BCUT2D eigenvalue weighted by atomic mass is 19.1. The number of ether oxygens (including phenoxy) is 1. The standard InChI is InChI=1S/C22H17F2N5O3/c23-16-7-14(29-11-15(32-21(29)30)10-27-19-3-6-31-28-19)8-17(24)20(16)13-1-2-18(26-9-13)22(12-25)4-5-22/h1-3,6-9,15H,4-5,10-11H2,(H,27,28)/t15-/m0/s1. The summed E-state index contributed by atoms with van der Waals surface area (Å²) >= 11 is 0. The van der Waals surface area contributed by atoms with Crippen molar-refractivity contribution < 1.29 is 22.8 Å². The zero-order chi connectivity index (χ0) is 22.3. The summed E-state index contributed by atoms with van der Waals surface area (Å²) in [6, 6.07) is 9.23. The molecule has 1 aliphatic heterocycles. The van der Waals surface area contributed by atoms with E-state index in [2.05, 4.69) is 21.5 Å². The van der Waals surface area contributed by atoms with Gasteiger partial charge in [-0.2, -0.15) is 5.26 Å². The van der Waals surface area contributed by atoms with E-state index in [-0.39, 0.29) is 29.9 Å². The minimum Gasteiger partial charge on any atom is -0.442 e. The number of hydrogen-bond donors (Lipinski definition) is 1. The maximum atomic E-state index is 14.9. The Morgan fingerprint density at radius 2 is 2.03 bits per heavy atom. The van der Waals surface area contributed by atoms with Crippen LogP contribution in [0.25, 0.3) is 11.1 Å². The number of hydrogen-bond acceptors (Lipinski definition) is 7. The van der Waals surface area contributed by atoms with E-state index in [1.165, 1.54) is 17.4 Å². The number of anilines is 2. The van der Waals surface area contributed by atoms with Gasteiger partial charge in [-0.05, 0) is 31.0 Å². The first kappa shape index (κ1) is 19.9. The molecule has 0 spiro atoms. The first-order valence-corrected chi connectivity index (χ1v) is 9.99. The molecule has 0 radical (unpaired) electrons. The Kier molecular flexibility index (Phi) is 4.74. The Labute approximate surface area is 181 Å². The van der Waals surface area contributed by atoms with Gasteiger partial charge >= 0.3 is 6.09 Å². The van der Waals surface area contributed by atoms with Crippen molar-refractivity contribution in [2.24, 2.45) is 0 Å². The van der Waals surface area contributed by atoms with Crippen LogP contribution in [0, 0.1) is 23.0 Å². The van der Waals surface area contributed by atoms with E-state index >= 15 is 0 Å². The van der Waals surface area contributed by atoms with E-state index in [0.717, 1.165) is 25.0 Å². The predicted molar refractivity (Wildman–Crippen MR) is 109 cm³/mol. The molecule has 32 heavy (non-hydrogen) atoms. The number of rotatable bonds is 6. The van der Waals surface area contributed by atoms with Crippen molar-refractivity contribution in [3.63, 3.8) is 0 Å². The van der Waals surface area contributed by atoms with E-state index in [1.54, 1.807) is 18.2 Å². The van der Waals surface area contributed by atoms with Crippen LogP contribution < -0.4 is 10.2 Å². The zero-order valence-electron chi connectivity index (χ0n) is 16.7. The number of carbonyl (C=O) groups excluding carboxylic acids is 1. The summed E-state index contributed by atoms with van der Waals surface area (Å²) in [6.07, 6.45) is 3.00. The molecule has 1 atom stereocenters. The molecule has 3 aromatic rings. The first-order valence-electron chi connectivity index (χ1n) is 9.99. The van der Waals surface area contributed by atoms with Crippen molar-refractivity contribution in [3.05, 3.63) is 60.1 Å². The zero-order valence-corrected chi connectivity index (χ0v) is 16.7. The van der Waals surface area contributed by atoms with Crippen molar-refractivity contribution in [1.82, 2.24) is 10.1 Å². The van der Waals surface area contributed by atoms with Gasteiger partial charge in [-0.25, -0.2) is 13.6 Å². The normalized spacial score (nSPS) is 18.8. The average molecular weight is 437 g/mol. The molecule has 2 fully saturated rings. The Bertz CT molecular complexity index is 1180. The number of nitriles is 1. The lowest BCUT2D eigenvalue weighted by atomic mass is 10.0. The van der Waals surface area contributed by atoms with Crippen molar-refractivity contribution >= 4 is 17.6 Å². The Morgan fingerprint density at radius 1 is 1.25 bits per heavy atom. The number of halogens is 2. The van der Waals surface area contributed by atoms with E-state index < -0.39 is 29.2 Å². The summed E-state index contributed by atoms with van der Waals surface area (Å²) in [6.45, 7) is 0.383. The first-order chi connectivity index (χ1) is 15.5. The van der Waals surface area contributed by atoms with Crippen LogP contribution in [0.2, 0.25) is 0 Å².